The van der Waals surface area contributed by atoms with Gasteiger partial charge in [0.15, 0.2) is 0 Å². The Hall–Kier alpha value is -0.240. The van der Waals surface area contributed by atoms with Crippen LogP contribution < -0.4 is 0 Å². The van der Waals surface area contributed by atoms with Crippen molar-refractivity contribution in [2.75, 3.05) is 19.7 Å². The SMILES string of the molecule is O=C1CCN(P)CC1COS(=O)(=O)C(F)(F)F. The lowest BCUT2D eigenvalue weighted by molar-refractivity contribution is -0.126. The molecule has 17 heavy (non-hydrogen) atoms. The fraction of sp³-hybridized carbons (Fsp3) is 0.857. The van der Waals surface area contributed by atoms with Gasteiger partial charge in [0.25, 0.3) is 0 Å². The molecule has 0 bridgehead atoms. The van der Waals surface area contributed by atoms with Crippen LogP contribution in [0.1, 0.15) is 6.42 Å². The number of Topliss-reactive ketones (excluding diaryl/α,β-unsaturated/α-hetero) is 1. The van der Waals surface area contributed by atoms with E-state index in [4.69, 9.17) is 0 Å². The van der Waals surface area contributed by atoms with Crippen LogP contribution in [-0.4, -0.2) is 44.1 Å². The number of rotatable bonds is 3. The topological polar surface area (TPSA) is 63.7 Å². The molecule has 0 aromatic rings. The Bertz CT molecular complexity index is 396. The summed E-state index contributed by atoms with van der Waals surface area (Å²) in [5.41, 5.74) is -5.45. The van der Waals surface area contributed by atoms with Gasteiger partial charge < -0.3 is 0 Å². The van der Waals surface area contributed by atoms with Gasteiger partial charge in [0, 0.05) is 19.5 Å². The van der Waals surface area contributed by atoms with Crippen LogP contribution in [0.25, 0.3) is 0 Å². The summed E-state index contributed by atoms with van der Waals surface area (Å²) in [6.45, 7) is -0.130. The molecule has 1 saturated heterocycles. The van der Waals surface area contributed by atoms with Gasteiger partial charge in [-0.1, -0.05) is 9.39 Å². The number of nitrogens with zero attached hydrogens (tertiary/aromatic N) is 1. The Morgan fingerprint density at radius 3 is 2.59 bits per heavy atom. The molecule has 1 heterocycles. The molecule has 10 heteroatoms. The van der Waals surface area contributed by atoms with Crippen LogP contribution in [0.2, 0.25) is 0 Å². The van der Waals surface area contributed by atoms with Crippen molar-refractivity contribution in [2.45, 2.75) is 11.9 Å². The van der Waals surface area contributed by atoms with E-state index < -0.39 is 28.2 Å². The molecule has 2 atom stereocenters. The highest BCUT2D eigenvalue weighted by Gasteiger charge is 2.47. The molecule has 0 aromatic heterocycles. The Morgan fingerprint density at radius 2 is 2.06 bits per heavy atom. The first-order chi connectivity index (χ1) is 7.63. The maximum absolute atomic E-state index is 11.9. The third-order valence-corrected chi connectivity index (χ3v) is 3.75. The molecule has 1 fully saturated rings. The smallest absolute Gasteiger partial charge is 0.299 e. The van der Waals surface area contributed by atoms with E-state index in [9.17, 15) is 26.4 Å². The minimum Gasteiger partial charge on any atom is -0.299 e. The van der Waals surface area contributed by atoms with Gasteiger partial charge >= 0.3 is 15.6 Å². The zero-order valence-electron chi connectivity index (χ0n) is 8.61. The molecule has 2 unspecified atom stereocenters. The number of ketones is 1. The molecule has 1 rings (SSSR count). The van der Waals surface area contributed by atoms with E-state index in [0.29, 0.717) is 6.54 Å². The fourth-order valence-corrected chi connectivity index (χ4v) is 2.18. The summed E-state index contributed by atoms with van der Waals surface area (Å²) in [5.74, 6) is -1.14. The van der Waals surface area contributed by atoms with Crippen LogP contribution in [0.3, 0.4) is 0 Å². The van der Waals surface area contributed by atoms with Crippen molar-refractivity contribution >= 4 is 25.3 Å². The first-order valence-corrected chi connectivity index (χ1v) is 6.54. The van der Waals surface area contributed by atoms with Crippen LogP contribution in [0.4, 0.5) is 13.2 Å². The first-order valence-electron chi connectivity index (χ1n) is 4.61. The largest absolute Gasteiger partial charge is 0.523 e. The summed E-state index contributed by atoms with van der Waals surface area (Å²) in [5, 5.41) is 0. The standard InChI is InChI=1S/C7H11F3NO4PS/c8-7(9,10)17(13,14)15-4-5-3-11(16)2-1-6(5)12/h5H,1-4,16H2. The Morgan fingerprint density at radius 1 is 1.47 bits per heavy atom. The van der Waals surface area contributed by atoms with E-state index in [1.54, 1.807) is 4.67 Å². The fourth-order valence-electron chi connectivity index (χ4n) is 1.32. The second-order valence-corrected chi connectivity index (χ2v) is 5.93. The minimum absolute atomic E-state index is 0.164. The molecule has 1 aliphatic rings. The molecule has 0 spiro atoms. The molecule has 0 N–H and O–H groups in total. The van der Waals surface area contributed by atoms with Crippen molar-refractivity contribution in [1.82, 2.24) is 4.67 Å². The Kier molecular flexibility index (Phi) is 4.51. The van der Waals surface area contributed by atoms with E-state index in [2.05, 4.69) is 13.6 Å². The molecular formula is C7H11F3NO4PS. The van der Waals surface area contributed by atoms with E-state index in [1.807, 2.05) is 0 Å². The molecule has 0 aromatic carbocycles. The minimum atomic E-state index is -5.62. The predicted octanol–water partition coefficient (Wildman–Crippen LogP) is 0.534. The average Bonchev–Trinajstić information content (AvgIpc) is 2.18. The molecule has 100 valence electrons. The third kappa shape index (κ3) is 3.87. The highest BCUT2D eigenvalue weighted by Crippen LogP contribution is 2.26. The Balaban J connectivity index is 2.59. The number of carbonyl (C=O) groups excluding carboxylic acids is 1. The van der Waals surface area contributed by atoms with Crippen molar-refractivity contribution in [3.8, 4) is 0 Å². The van der Waals surface area contributed by atoms with Crippen LogP contribution in [-0.2, 0) is 19.1 Å². The van der Waals surface area contributed by atoms with Crippen LogP contribution in [0.5, 0.6) is 0 Å². The molecular weight excluding hydrogens is 282 g/mol. The number of carbonyl (C=O) groups is 1. The summed E-state index contributed by atoms with van der Waals surface area (Å²) >= 11 is 0. The highest BCUT2D eigenvalue weighted by atomic mass is 32.2. The summed E-state index contributed by atoms with van der Waals surface area (Å²) < 4.78 is 62.5. The third-order valence-electron chi connectivity index (χ3n) is 2.26. The molecule has 0 amide bonds. The zero-order valence-corrected chi connectivity index (χ0v) is 10.6. The quantitative estimate of drug-likeness (QED) is 0.431. The molecule has 1 aliphatic heterocycles. The number of hydrogen-bond acceptors (Lipinski definition) is 5. The number of alkyl halides is 3. The summed E-state index contributed by atoms with van der Waals surface area (Å²) in [6.07, 6.45) is 0.170. The second-order valence-electron chi connectivity index (χ2n) is 3.59. The van der Waals surface area contributed by atoms with E-state index in [0.717, 1.165) is 0 Å². The number of halogens is 3. The number of hydrogen-bond donors (Lipinski definition) is 0. The van der Waals surface area contributed by atoms with Gasteiger partial charge in [0.2, 0.25) is 0 Å². The number of piperidine rings is 1. The summed E-state index contributed by atoms with van der Waals surface area (Å²) in [4.78, 5) is 11.3. The van der Waals surface area contributed by atoms with E-state index >= 15 is 0 Å². The predicted molar refractivity (Wildman–Crippen MR) is 55.3 cm³/mol. The molecule has 5 nitrogen and oxygen atoms in total. The summed E-state index contributed by atoms with van der Waals surface area (Å²) in [7, 11) is -3.31. The molecule has 0 aliphatic carbocycles. The lowest BCUT2D eigenvalue weighted by Crippen LogP contribution is -2.39. The normalized spacial score (nSPS) is 24.0. The van der Waals surface area contributed by atoms with E-state index in [-0.39, 0.29) is 18.7 Å². The van der Waals surface area contributed by atoms with Gasteiger partial charge in [0.1, 0.15) is 5.78 Å². The van der Waals surface area contributed by atoms with Gasteiger partial charge in [-0.3, -0.25) is 13.6 Å². The maximum Gasteiger partial charge on any atom is 0.523 e. The van der Waals surface area contributed by atoms with Crippen molar-refractivity contribution < 1.29 is 30.6 Å². The zero-order chi connectivity index (χ0) is 13.3. The highest BCUT2D eigenvalue weighted by molar-refractivity contribution is 7.87. The second kappa shape index (κ2) is 5.17. The van der Waals surface area contributed by atoms with Gasteiger partial charge in [-0.15, -0.1) is 0 Å². The van der Waals surface area contributed by atoms with Crippen molar-refractivity contribution in [3.05, 3.63) is 0 Å². The lowest BCUT2D eigenvalue weighted by Gasteiger charge is -2.27. The average molecular weight is 293 g/mol. The maximum atomic E-state index is 11.9. The summed E-state index contributed by atoms with van der Waals surface area (Å²) in [6, 6.07) is 0. The first kappa shape index (κ1) is 14.8. The van der Waals surface area contributed by atoms with Gasteiger partial charge in [-0.2, -0.15) is 21.6 Å². The molecule has 0 radical (unpaired) electrons. The molecule has 0 saturated carbocycles. The van der Waals surface area contributed by atoms with Crippen molar-refractivity contribution in [2.24, 2.45) is 5.92 Å². The van der Waals surface area contributed by atoms with Gasteiger partial charge in [-0.25, -0.2) is 0 Å². The lowest BCUT2D eigenvalue weighted by atomic mass is 9.99. The van der Waals surface area contributed by atoms with E-state index in [1.165, 1.54) is 0 Å². The van der Waals surface area contributed by atoms with Gasteiger partial charge in [0.05, 0.1) is 12.5 Å². The Labute approximate surface area is 98.7 Å². The van der Waals surface area contributed by atoms with Crippen molar-refractivity contribution in [3.63, 3.8) is 0 Å². The van der Waals surface area contributed by atoms with Crippen LogP contribution in [0.15, 0.2) is 0 Å². The van der Waals surface area contributed by atoms with Gasteiger partial charge in [-0.05, 0) is 0 Å². The monoisotopic (exact) mass is 293 g/mol. The van der Waals surface area contributed by atoms with Crippen LogP contribution in [0, 0.1) is 5.92 Å². The van der Waals surface area contributed by atoms with Crippen molar-refractivity contribution in [1.29, 1.82) is 0 Å². The van der Waals surface area contributed by atoms with Crippen LogP contribution >= 0.6 is 9.39 Å².